The summed E-state index contributed by atoms with van der Waals surface area (Å²) in [4.78, 5) is 11.9. The van der Waals surface area contributed by atoms with Gasteiger partial charge in [0, 0.05) is 5.69 Å². The van der Waals surface area contributed by atoms with Crippen LogP contribution in [0.3, 0.4) is 0 Å². The van der Waals surface area contributed by atoms with E-state index in [0.29, 0.717) is 23.1 Å². The number of benzene rings is 1. The highest BCUT2D eigenvalue weighted by molar-refractivity contribution is 6.32. The first-order valence-electron chi connectivity index (χ1n) is 8.77. The molecule has 0 saturated heterocycles. The molecule has 1 heterocycles. The highest BCUT2D eigenvalue weighted by atomic mass is 35.5. The van der Waals surface area contributed by atoms with Gasteiger partial charge in [0.2, 0.25) is 11.2 Å². The Balaban J connectivity index is 0.000000342. The largest absolute Gasteiger partial charge is 0.495 e. The highest BCUT2D eigenvalue weighted by Crippen LogP contribution is 2.28. The van der Waals surface area contributed by atoms with Gasteiger partial charge < -0.3 is 14.8 Å². The quantitative estimate of drug-likeness (QED) is 0.699. The van der Waals surface area contributed by atoms with Crippen LogP contribution in [0.1, 0.15) is 45.4 Å². The van der Waals surface area contributed by atoms with E-state index in [9.17, 15) is 0 Å². The normalized spacial score (nSPS) is 13.4. The third kappa shape index (κ3) is 6.84. The molecule has 26 heavy (non-hydrogen) atoms. The van der Waals surface area contributed by atoms with Crippen molar-refractivity contribution in [1.82, 2.24) is 15.0 Å². The second-order valence-corrected chi connectivity index (χ2v) is 6.48. The molecule has 0 bridgehead atoms. The van der Waals surface area contributed by atoms with E-state index in [1.165, 1.54) is 38.5 Å². The van der Waals surface area contributed by atoms with Crippen LogP contribution >= 0.6 is 23.2 Å². The van der Waals surface area contributed by atoms with E-state index in [2.05, 4.69) is 20.3 Å². The van der Waals surface area contributed by atoms with Gasteiger partial charge >= 0.3 is 6.01 Å². The van der Waals surface area contributed by atoms with Gasteiger partial charge in [0.1, 0.15) is 5.75 Å². The van der Waals surface area contributed by atoms with Gasteiger partial charge in [-0.1, -0.05) is 50.1 Å². The maximum Gasteiger partial charge on any atom is 0.322 e. The maximum absolute atomic E-state index is 6.04. The van der Waals surface area contributed by atoms with Crippen LogP contribution in [0, 0.1) is 0 Å². The highest BCUT2D eigenvalue weighted by Gasteiger charge is 2.07. The second-order valence-electron chi connectivity index (χ2n) is 5.74. The van der Waals surface area contributed by atoms with Crippen LogP contribution in [0.15, 0.2) is 18.2 Å². The van der Waals surface area contributed by atoms with Gasteiger partial charge in [-0.25, -0.2) is 0 Å². The Bertz CT molecular complexity index is 685. The SMILES string of the molecule is C1CCCCC1.CCOc1nc(Cl)nc(Nc2ccc(OC)c(Cl)c2)n1. The second kappa shape index (κ2) is 11.0. The third-order valence-electron chi connectivity index (χ3n) is 3.77. The fourth-order valence-corrected chi connectivity index (χ4v) is 2.93. The van der Waals surface area contributed by atoms with Crippen molar-refractivity contribution in [1.29, 1.82) is 0 Å². The van der Waals surface area contributed by atoms with Crippen LogP contribution in [-0.4, -0.2) is 28.7 Å². The first-order chi connectivity index (χ1) is 12.6. The van der Waals surface area contributed by atoms with Gasteiger partial charge in [-0.15, -0.1) is 0 Å². The number of ether oxygens (including phenoxy) is 2. The average Bonchev–Trinajstić information content (AvgIpc) is 2.64. The van der Waals surface area contributed by atoms with E-state index < -0.39 is 0 Å². The van der Waals surface area contributed by atoms with Crippen molar-refractivity contribution in [2.75, 3.05) is 19.0 Å². The fourth-order valence-electron chi connectivity index (χ4n) is 2.52. The molecule has 2 aromatic rings. The zero-order valence-corrected chi connectivity index (χ0v) is 16.6. The molecule has 142 valence electrons. The predicted molar refractivity (Wildman–Crippen MR) is 105 cm³/mol. The summed E-state index contributed by atoms with van der Waals surface area (Å²) in [7, 11) is 1.55. The van der Waals surface area contributed by atoms with Crippen molar-refractivity contribution in [2.24, 2.45) is 0 Å². The minimum Gasteiger partial charge on any atom is -0.495 e. The number of hydrogen-bond acceptors (Lipinski definition) is 6. The molecule has 1 saturated carbocycles. The summed E-state index contributed by atoms with van der Waals surface area (Å²) in [5.41, 5.74) is 0.695. The molecular formula is C18H24Cl2N4O2. The Morgan fingerprint density at radius 2 is 1.65 bits per heavy atom. The lowest BCUT2D eigenvalue weighted by Gasteiger charge is -2.08. The van der Waals surface area contributed by atoms with Crippen molar-refractivity contribution in [3.63, 3.8) is 0 Å². The number of nitrogens with one attached hydrogen (secondary N) is 1. The van der Waals surface area contributed by atoms with Gasteiger partial charge in [0.05, 0.1) is 18.7 Å². The average molecular weight is 399 g/mol. The summed E-state index contributed by atoms with van der Waals surface area (Å²) in [6.07, 6.45) is 9.00. The van der Waals surface area contributed by atoms with E-state index in [0.717, 1.165) is 0 Å². The number of methoxy groups -OCH3 is 1. The standard InChI is InChI=1S/C12H12Cl2N4O2.C6H12/c1-3-20-12-17-10(14)16-11(18-12)15-7-4-5-9(19-2)8(13)6-7;1-2-4-6-5-3-1/h4-6H,3H2,1-2H3,(H,15,16,17,18);1-6H2. The zero-order chi connectivity index (χ0) is 18.8. The smallest absolute Gasteiger partial charge is 0.322 e. The van der Waals surface area contributed by atoms with Crippen molar-refractivity contribution < 1.29 is 9.47 Å². The molecule has 0 atom stereocenters. The van der Waals surface area contributed by atoms with Crippen molar-refractivity contribution >= 4 is 34.8 Å². The van der Waals surface area contributed by atoms with E-state index >= 15 is 0 Å². The topological polar surface area (TPSA) is 69.2 Å². The van der Waals surface area contributed by atoms with Crippen LogP contribution in [0.25, 0.3) is 0 Å². The number of hydrogen-bond donors (Lipinski definition) is 1. The molecular weight excluding hydrogens is 375 g/mol. The zero-order valence-electron chi connectivity index (χ0n) is 15.1. The summed E-state index contributed by atoms with van der Waals surface area (Å²) in [5, 5.41) is 3.49. The summed E-state index contributed by atoms with van der Waals surface area (Å²) >= 11 is 11.8. The van der Waals surface area contributed by atoms with Gasteiger partial charge in [-0.05, 0) is 36.7 Å². The molecule has 1 aromatic carbocycles. The Kier molecular flexibility index (Phi) is 8.71. The first-order valence-corrected chi connectivity index (χ1v) is 9.53. The Hall–Kier alpha value is -1.79. The molecule has 1 fully saturated rings. The van der Waals surface area contributed by atoms with Crippen LogP contribution in [0.4, 0.5) is 11.6 Å². The maximum atomic E-state index is 6.04. The van der Waals surface area contributed by atoms with Crippen LogP contribution in [0.5, 0.6) is 11.8 Å². The minimum atomic E-state index is 0.0468. The van der Waals surface area contributed by atoms with Crippen LogP contribution in [0.2, 0.25) is 10.3 Å². The molecule has 0 unspecified atom stereocenters. The van der Waals surface area contributed by atoms with E-state index in [-0.39, 0.29) is 17.2 Å². The molecule has 0 spiro atoms. The molecule has 8 heteroatoms. The molecule has 1 aromatic heterocycles. The lowest BCUT2D eigenvalue weighted by molar-refractivity contribution is 0.312. The van der Waals surface area contributed by atoms with Gasteiger partial charge in [0.15, 0.2) is 0 Å². The molecule has 1 N–H and O–H groups in total. The van der Waals surface area contributed by atoms with E-state index in [1.807, 2.05) is 6.92 Å². The van der Waals surface area contributed by atoms with E-state index in [1.54, 1.807) is 25.3 Å². The fraction of sp³-hybridized carbons (Fsp3) is 0.500. The number of rotatable bonds is 5. The third-order valence-corrected chi connectivity index (χ3v) is 4.23. The molecule has 6 nitrogen and oxygen atoms in total. The molecule has 3 rings (SSSR count). The lowest BCUT2D eigenvalue weighted by atomic mass is 10.0. The molecule has 1 aliphatic carbocycles. The lowest BCUT2D eigenvalue weighted by Crippen LogP contribution is -2.03. The van der Waals surface area contributed by atoms with Crippen molar-refractivity contribution in [3.8, 4) is 11.8 Å². The Morgan fingerprint density at radius 1 is 1.00 bits per heavy atom. The molecule has 0 radical (unpaired) electrons. The van der Waals surface area contributed by atoms with Crippen LogP contribution < -0.4 is 14.8 Å². The Morgan fingerprint density at radius 3 is 2.19 bits per heavy atom. The molecule has 0 aliphatic heterocycles. The summed E-state index contributed by atoms with van der Waals surface area (Å²) in [6.45, 7) is 2.27. The van der Waals surface area contributed by atoms with Crippen molar-refractivity contribution in [3.05, 3.63) is 28.5 Å². The monoisotopic (exact) mass is 398 g/mol. The first kappa shape index (κ1) is 20.5. The van der Waals surface area contributed by atoms with Crippen LogP contribution in [-0.2, 0) is 0 Å². The minimum absolute atomic E-state index is 0.0468. The Labute approximate surface area is 164 Å². The summed E-state index contributed by atoms with van der Waals surface area (Å²) in [5.74, 6) is 0.857. The van der Waals surface area contributed by atoms with E-state index in [4.69, 9.17) is 32.7 Å². The molecule has 0 amide bonds. The number of aromatic nitrogens is 3. The number of anilines is 2. The van der Waals surface area contributed by atoms with Gasteiger partial charge in [-0.3, -0.25) is 0 Å². The summed E-state index contributed by atoms with van der Waals surface area (Å²) < 4.78 is 10.3. The molecule has 1 aliphatic rings. The van der Waals surface area contributed by atoms with Gasteiger partial charge in [-0.2, -0.15) is 15.0 Å². The summed E-state index contributed by atoms with van der Waals surface area (Å²) in [6, 6.07) is 5.37. The van der Waals surface area contributed by atoms with Gasteiger partial charge in [0.25, 0.3) is 0 Å². The van der Waals surface area contributed by atoms with Crippen molar-refractivity contribution in [2.45, 2.75) is 45.4 Å². The predicted octanol–water partition coefficient (Wildman–Crippen LogP) is 5.67. The number of halogens is 2. The number of nitrogens with zero attached hydrogens (tertiary/aromatic N) is 3.